The van der Waals surface area contributed by atoms with Crippen molar-refractivity contribution < 1.29 is 14.4 Å². The van der Waals surface area contributed by atoms with Crippen molar-refractivity contribution in [3.05, 3.63) is 46.8 Å². The fourth-order valence-corrected chi connectivity index (χ4v) is 2.45. The number of ether oxygens (including phenoxy) is 2. The Morgan fingerprint density at radius 2 is 2.09 bits per heavy atom. The summed E-state index contributed by atoms with van der Waals surface area (Å²) in [4.78, 5) is 10.3. The summed E-state index contributed by atoms with van der Waals surface area (Å²) in [6, 6.07) is 6.42. The molecule has 0 aliphatic carbocycles. The number of aromatic nitrogens is 2. The van der Waals surface area contributed by atoms with Crippen LogP contribution in [-0.2, 0) is 16.0 Å². The molecule has 0 radical (unpaired) electrons. The Morgan fingerprint density at radius 1 is 1.36 bits per heavy atom. The van der Waals surface area contributed by atoms with Gasteiger partial charge < -0.3 is 9.47 Å². The van der Waals surface area contributed by atoms with Crippen LogP contribution in [0.4, 0.5) is 5.69 Å². The van der Waals surface area contributed by atoms with Crippen LogP contribution in [-0.4, -0.2) is 33.2 Å². The summed E-state index contributed by atoms with van der Waals surface area (Å²) in [5, 5.41) is 15.0. The zero-order valence-corrected chi connectivity index (χ0v) is 12.4. The second kappa shape index (κ2) is 5.51. The minimum atomic E-state index is -0.543. The first-order valence-electron chi connectivity index (χ1n) is 7.02. The molecule has 1 aromatic heterocycles. The molecule has 0 N–H and O–H groups in total. The minimum Gasteiger partial charge on any atom is -0.348 e. The van der Waals surface area contributed by atoms with Gasteiger partial charge in [-0.3, -0.25) is 14.8 Å². The van der Waals surface area contributed by atoms with Crippen molar-refractivity contribution in [3.63, 3.8) is 0 Å². The van der Waals surface area contributed by atoms with Gasteiger partial charge in [0.15, 0.2) is 5.79 Å². The van der Waals surface area contributed by atoms with Crippen LogP contribution < -0.4 is 0 Å². The molecule has 0 saturated carbocycles. The van der Waals surface area contributed by atoms with Gasteiger partial charge in [0.1, 0.15) is 6.10 Å². The Bertz CT molecular complexity index is 678. The molecule has 0 amide bonds. The fraction of sp³-hybridized carbons (Fsp3) is 0.400. The standard InChI is InChI=1S/C15H17N3O4/c1-15(2)21-10-14(22-15)9-17-8-12(7-16-17)11-3-5-13(6-4-11)18(19)20/h3-8,14H,9-10H2,1-2H3/t14-/m1/s1. The molecule has 1 fully saturated rings. The van der Waals surface area contributed by atoms with Crippen molar-refractivity contribution in [1.82, 2.24) is 9.78 Å². The third kappa shape index (κ3) is 3.15. The second-order valence-electron chi connectivity index (χ2n) is 5.71. The van der Waals surface area contributed by atoms with Gasteiger partial charge in [-0.15, -0.1) is 0 Å². The van der Waals surface area contributed by atoms with Gasteiger partial charge in [-0.05, 0) is 31.5 Å². The molecule has 1 aliphatic heterocycles. The topological polar surface area (TPSA) is 79.4 Å². The van der Waals surface area contributed by atoms with Gasteiger partial charge in [0.25, 0.3) is 5.69 Å². The van der Waals surface area contributed by atoms with Gasteiger partial charge in [0.05, 0.1) is 24.3 Å². The molecular formula is C15H17N3O4. The minimum absolute atomic E-state index is 0.0281. The second-order valence-corrected chi connectivity index (χ2v) is 5.71. The van der Waals surface area contributed by atoms with Gasteiger partial charge in [0.2, 0.25) is 0 Å². The quantitative estimate of drug-likeness (QED) is 0.640. The van der Waals surface area contributed by atoms with Crippen LogP contribution in [0.3, 0.4) is 0 Å². The van der Waals surface area contributed by atoms with Crippen molar-refractivity contribution in [1.29, 1.82) is 0 Å². The Morgan fingerprint density at radius 3 is 2.68 bits per heavy atom. The molecular weight excluding hydrogens is 286 g/mol. The summed E-state index contributed by atoms with van der Waals surface area (Å²) in [7, 11) is 0. The first kappa shape index (κ1) is 14.7. The van der Waals surface area contributed by atoms with E-state index in [1.807, 2.05) is 20.0 Å². The molecule has 22 heavy (non-hydrogen) atoms. The average Bonchev–Trinajstić information content (AvgIpc) is 3.06. The number of hydrogen-bond acceptors (Lipinski definition) is 5. The molecule has 7 heteroatoms. The Kier molecular flexibility index (Phi) is 3.67. The van der Waals surface area contributed by atoms with E-state index in [1.165, 1.54) is 12.1 Å². The van der Waals surface area contributed by atoms with Crippen LogP contribution in [0.2, 0.25) is 0 Å². The van der Waals surface area contributed by atoms with E-state index in [2.05, 4.69) is 5.10 Å². The molecule has 1 saturated heterocycles. The molecule has 7 nitrogen and oxygen atoms in total. The summed E-state index contributed by atoms with van der Waals surface area (Å²) < 4.78 is 13.1. The van der Waals surface area contributed by atoms with Gasteiger partial charge in [-0.2, -0.15) is 5.10 Å². The van der Waals surface area contributed by atoms with Crippen LogP contribution in [0, 0.1) is 10.1 Å². The fourth-order valence-electron chi connectivity index (χ4n) is 2.45. The monoisotopic (exact) mass is 303 g/mol. The van der Waals surface area contributed by atoms with E-state index in [0.717, 1.165) is 11.1 Å². The number of nitro groups is 1. The number of non-ortho nitro benzene ring substituents is 1. The van der Waals surface area contributed by atoms with Gasteiger partial charge in [0, 0.05) is 23.9 Å². The smallest absolute Gasteiger partial charge is 0.269 e. The third-order valence-electron chi connectivity index (χ3n) is 3.50. The molecule has 2 heterocycles. The summed E-state index contributed by atoms with van der Waals surface area (Å²) >= 11 is 0. The van der Waals surface area contributed by atoms with Crippen LogP contribution in [0.1, 0.15) is 13.8 Å². The lowest BCUT2D eigenvalue weighted by Gasteiger charge is -2.16. The molecule has 0 spiro atoms. The molecule has 3 rings (SSSR count). The summed E-state index contributed by atoms with van der Waals surface area (Å²) in [6.45, 7) is 4.92. The SMILES string of the molecule is CC1(C)OC[C@@H](Cn2cc(-c3ccc([N+](=O)[O-])cc3)cn2)O1. The third-order valence-corrected chi connectivity index (χ3v) is 3.50. The van der Waals surface area contributed by atoms with Gasteiger partial charge in [-0.25, -0.2) is 0 Å². The Labute approximate surface area is 127 Å². The molecule has 116 valence electrons. The highest BCUT2D eigenvalue weighted by molar-refractivity contribution is 5.63. The highest BCUT2D eigenvalue weighted by atomic mass is 16.7. The lowest BCUT2D eigenvalue weighted by molar-refractivity contribution is -0.384. The van der Waals surface area contributed by atoms with Crippen molar-refractivity contribution in [2.75, 3.05) is 6.61 Å². The molecule has 1 atom stereocenters. The van der Waals surface area contributed by atoms with E-state index < -0.39 is 10.7 Å². The zero-order valence-electron chi connectivity index (χ0n) is 12.4. The predicted molar refractivity (Wildman–Crippen MR) is 79.2 cm³/mol. The first-order chi connectivity index (χ1) is 10.4. The van der Waals surface area contributed by atoms with Crippen LogP contribution in [0.5, 0.6) is 0 Å². The maximum atomic E-state index is 10.7. The number of rotatable bonds is 4. The molecule has 1 aromatic carbocycles. The number of nitro benzene ring substituents is 1. The van der Waals surface area contributed by atoms with E-state index in [1.54, 1.807) is 23.0 Å². The van der Waals surface area contributed by atoms with Crippen LogP contribution in [0.15, 0.2) is 36.7 Å². The van der Waals surface area contributed by atoms with Crippen molar-refractivity contribution in [2.24, 2.45) is 0 Å². The summed E-state index contributed by atoms with van der Waals surface area (Å²) in [5.41, 5.74) is 1.88. The predicted octanol–water partition coefficient (Wildman–Crippen LogP) is 2.61. The normalized spacial score (nSPS) is 20.2. The van der Waals surface area contributed by atoms with Crippen molar-refractivity contribution >= 4 is 5.69 Å². The van der Waals surface area contributed by atoms with Gasteiger partial charge in [-0.1, -0.05) is 0 Å². The van der Waals surface area contributed by atoms with E-state index in [-0.39, 0.29) is 11.8 Å². The van der Waals surface area contributed by atoms with Crippen molar-refractivity contribution in [2.45, 2.75) is 32.3 Å². The lowest BCUT2D eigenvalue weighted by Crippen LogP contribution is -2.24. The van der Waals surface area contributed by atoms with E-state index in [4.69, 9.17) is 9.47 Å². The Balaban J connectivity index is 1.70. The van der Waals surface area contributed by atoms with E-state index in [0.29, 0.717) is 13.2 Å². The maximum absolute atomic E-state index is 10.7. The highest BCUT2D eigenvalue weighted by Gasteiger charge is 2.32. The average molecular weight is 303 g/mol. The lowest BCUT2D eigenvalue weighted by atomic mass is 10.1. The van der Waals surface area contributed by atoms with Crippen LogP contribution in [0.25, 0.3) is 11.1 Å². The van der Waals surface area contributed by atoms with Crippen LogP contribution >= 0.6 is 0 Å². The molecule has 2 aromatic rings. The van der Waals surface area contributed by atoms with E-state index >= 15 is 0 Å². The maximum Gasteiger partial charge on any atom is 0.269 e. The van der Waals surface area contributed by atoms with Gasteiger partial charge >= 0.3 is 0 Å². The largest absolute Gasteiger partial charge is 0.348 e. The molecule has 0 unspecified atom stereocenters. The Hall–Kier alpha value is -2.25. The summed E-state index contributed by atoms with van der Waals surface area (Å²) in [5.74, 6) is -0.543. The zero-order chi connectivity index (χ0) is 15.7. The van der Waals surface area contributed by atoms with Crippen molar-refractivity contribution in [3.8, 4) is 11.1 Å². The van der Waals surface area contributed by atoms with E-state index in [9.17, 15) is 10.1 Å². The number of nitrogens with zero attached hydrogens (tertiary/aromatic N) is 3. The molecule has 0 bridgehead atoms. The first-order valence-corrected chi connectivity index (χ1v) is 7.02. The highest BCUT2D eigenvalue weighted by Crippen LogP contribution is 2.25. The molecule has 1 aliphatic rings. The number of hydrogen-bond donors (Lipinski definition) is 0. The summed E-state index contributed by atoms with van der Waals surface area (Å²) in [6.07, 6.45) is 3.61. The number of benzene rings is 1.